The Balaban J connectivity index is 1.91. The van der Waals surface area contributed by atoms with Crippen LogP contribution in [-0.2, 0) is 25.9 Å². The second-order valence-electron chi connectivity index (χ2n) is 4.41. The molecule has 2 heterocycles. The van der Waals surface area contributed by atoms with Gasteiger partial charge in [-0.15, -0.1) is 0 Å². The van der Waals surface area contributed by atoms with E-state index in [0.29, 0.717) is 5.82 Å². The number of hydrogen-bond donors (Lipinski definition) is 1. The van der Waals surface area contributed by atoms with E-state index in [-0.39, 0.29) is 0 Å². The van der Waals surface area contributed by atoms with Crippen molar-refractivity contribution in [2.75, 3.05) is 5.73 Å². The van der Waals surface area contributed by atoms with Gasteiger partial charge < -0.3 is 5.73 Å². The van der Waals surface area contributed by atoms with Crippen molar-refractivity contribution in [2.45, 2.75) is 46.2 Å². The molecule has 2 N–H and O–H groups in total. The first-order valence-electron chi connectivity index (χ1n) is 6.57. The zero-order valence-corrected chi connectivity index (χ0v) is 11.1. The first-order valence-corrected chi connectivity index (χ1v) is 6.57. The molecule has 2 aromatic heterocycles. The Morgan fingerprint density at radius 3 is 2.61 bits per heavy atom. The highest BCUT2D eigenvalue weighted by Crippen LogP contribution is 2.07. The summed E-state index contributed by atoms with van der Waals surface area (Å²) in [5.41, 5.74) is 8.07. The molecule has 0 unspecified atom stereocenters. The summed E-state index contributed by atoms with van der Waals surface area (Å²) >= 11 is 0. The Kier molecular flexibility index (Phi) is 4.02. The molecule has 2 rings (SSSR count). The first-order chi connectivity index (χ1) is 8.72. The Bertz CT molecular complexity index is 497. The minimum absolute atomic E-state index is 0.580. The minimum atomic E-state index is 0.580. The molecule has 5 nitrogen and oxygen atoms in total. The molecule has 98 valence electrons. The van der Waals surface area contributed by atoms with Gasteiger partial charge in [0.2, 0.25) is 0 Å². The summed E-state index contributed by atoms with van der Waals surface area (Å²) in [4.78, 5) is 0. The normalized spacial score (nSPS) is 11.0. The number of nitrogen functional groups attached to an aromatic ring is 1. The van der Waals surface area contributed by atoms with Gasteiger partial charge >= 0.3 is 0 Å². The lowest BCUT2D eigenvalue weighted by Crippen LogP contribution is -2.08. The van der Waals surface area contributed by atoms with Gasteiger partial charge in [0.05, 0.1) is 5.69 Å². The van der Waals surface area contributed by atoms with Gasteiger partial charge in [-0.05, 0) is 31.4 Å². The molecule has 0 amide bonds. The molecule has 0 radical (unpaired) electrons. The highest BCUT2D eigenvalue weighted by Gasteiger charge is 2.05. The van der Waals surface area contributed by atoms with Gasteiger partial charge in [-0.3, -0.25) is 9.36 Å². The van der Waals surface area contributed by atoms with Crippen LogP contribution in [0.5, 0.6) is 0 Å². The van der Waals surface area contributed by atoms with Gasteiger partial charge in [0.15, 0.2) is 0 Å². The lowest BCUT2D eigenvalue weighted by molar-refractivity contribution is 0.489. The highest BCUT2D eigenvalue weighted by atomic mass is 15.3. The van der Waals surface area contributed by atoms with Gasteiger partial charge in [0, 0.05) is 25.0 Å². The summed E-state index contributed by atoms with van der Waals surface area (Å²) in [6.45, 7) is 6.12. The van der Waals surface area contributed by atoms with E-state index < -0.39 is 0 Å². The molecule has 18 heavy (non-hydrogen) atoms. The number of aromatic nitrogens is 4. The number of hydrogen-bond acceptors (Lipinski definition) is 3. The van der Waals surface area contributed by atoms with Crippen LogP contribution in [0.25, 0.3) is 0 Å². The van der Waals surface area contributed by atoms with Gasteiger partial charge in [-0.2, -0.15) is 10.2 Å². The average Bonchev–Trinajstić information content (AvgIpc) is 2.95. The lowest BCUT2D eigenvalue weighted by atomic mass is 10.2. The Hall–Kier alpha value is -1.78. The fourth-order valence-electron chi connectivity index (χ4n) is 2.05. The molecule has 0 saturated heterocycles. The van der Waals surface area contributed by atoms with Crippen molar-refractivity contribution in [3.8, 4) is 0 Å². The molecule has 0 aliphatic heterocycles. The Morgan fingerprint density at radius 2 is 2.00 bits per heavy atom. The van der Waals surface area contributed by atoms with E-state index in [1.165, 1.54) is 11.4 Å². The van der Waals surface area contributed by atoms with E-state index in [0.717, 1.165) is 32.4 Å². The first kappa shape index (κ1) is 12.7. The van der Waals surface area contributed by atoms with Crippen LogP contribution < -0.4 is 5.73 Å². The van der Waals surface area contributed by atoms with Crippen molar-refractivity contribution in [1.29, 1.82) is 0 Å². The smallest absolute Gasteiger partial charge is 0.145 e. The third kappa shape index (κ3) is 2.91. The summed E-state index contributed by atoms with van der Waals surface area (Å²) in [5.74, 6) is 0.580. The molecular weight excluding hydrogens is 226 g/mol. The molecule has 0 bridgehead atoms. The maximum absolute atomic E-state index is 5.58. The van der Waals surface area contributed by atoms with Crippen molar-refractivity contribution in [3.05, 3.63) is 29.7 Å². The SMILES string of the molecule is CCc1cc(CC)n(CCCn2ccc(N)n2)n1. The zero-order chi connectivity index (χ0) is 13.0. The molecule has 0 atom stereocenters. The van der Waals surface area contributed by atoms with Crippen molar-refractivity contribution in [2.24, 2.45) is 0 Å². The minimum Gasteiger partial charge on any atom is -0.382 e. The molecule has 0 aliphatic carbocycles. The quantitative estimate of drug-likeness (QED) is 0.847. The number of aryl methyl sites for hydroxylation is 4. The molecule has 5 heteroatoms. The van der Waals surface area contributed by atoms with Gasteiger partial charge in [-0.25, -0.2) is 0 Å². The van der Waals surface area contributed by atoms with Gasteiger partial charge in [0.1, 0.15) is 5.82 Å². The maximum atomic E-state index is 5.58. The molecule has 2 aromatic rings. The standard InChI is InChI=1S/C13H21N5/c1-3-11-10-12(4-2)18(15-11)8-5-7-17-9-6-13(14)16-17/h6,9-10H,3-5,7-8H2,1-2H3,(H2,14,16). The summed E-state index contributed by atoms with van der Waals surface area (Å²) < 4.78 is 4.00. The van der Waals surface area contributed by atoms with Crippen LogP contribution in [0.3, 0.4) is 0 Å². The van der Waals surface area contributed by atoms with Crippen molar-refractivity contribution >= 4 is 5.82 Å². The van der Waals surface area contributed by atoms with Gasteiger partial charge in [0.25, 0.3) is 0 Å². The topological polar surface area (TPSA) is 61.7 Å². The van der Waals surface area contributed by atoms with E-state index in [9.17, 15) is 0 Å². The van der Waals surface area contributed by atoms with Gasteiger partial charge in [-0.1, -0.05) is 13.8 Å². The zero-order valence-electron chi connectivity index (χ0n) is 11.1. The number of nitrogens with two attached hydrogens (primary N) is 1. The second-order valence-corrected chi connectivity index (χ2v) is 4.41. The van der Waals surface area contributed by atoms with Crippen LogP contribution in [0, 0.1) is 0 Å². The number of nitrogens with zero attached hydrogens (tertiary/aromatic N) is 4. The monoisotopic (exact) mass is 247 g/mol. The molecule has 0 saturated carbocycles. The third-order valence-corrected chi connectivity index (χ3v) is 3.06. The second kappa shape index (κ2) is 5.71. The van der Waals surface area contributed by atoms with E-state index in [1.54, 1.807) is 0 Å². The maximum Gasteiger partial charge on any atom is 0.145 e. The summed E-state index contributed by atoms with van der Waals surface area (Å²) in [5, 5.41) is 8.77. The van der Waals surface area contributed by atoms with Crippen molar-refractivity contribution < 1.29 is 0 Å². The van der Waals surface area contributed by atoms with Crippen LogP contribution in [0.15, 0.2) is 18.3 Å². The highest BCUT2D eigenvalue weighted by molar-refractivity contribution is 5.23. The molecule has 0 fully saturated rings. The Morgan fingerprint density at radius 1 is 1.17 bits per heavy atom. The summed E-state index contributed by atoms with van der Waals surface area (Å²) in [6, 6.07) is 4.02. The predicted molar refractivity (Wildman–Crippen MR) is 72.2 cm³/mol. The van der Waals surface area contributed by atoms with E-state index in [2.05, 4.69) is 34.8 Å². The predicted octanol–water partition coefficient (Wildman–Crippen LogP) is 1.88. The summed E-state index contributed by atoms with van der Waals surface area (Å²) in [7, 11) is 0. The molecule has 0 spiro atoms. The summed E-state index contributed by atoms with van der Waals surface area (Å²) in [6.07, 6.45) is 4.95. The van der Waals surface area contributed by atoms with Crippen LogP contribution >= 0.6 is 0 Å². The number of anilines is 1. The lowest BCUT2D eigenvalue weighted by Gasteiger charge is -2.06. The molecule has 0 aromatic carbocycles. The molecule has 0 aliphatic rings. The fraction of sp³-hybridized carbons (Fsp3) is 0.538. The third-order valence-electron chi connectivity index (χ3n) is 3.06. The van der Waals surface area contributed by atoms with E-state index >= 15 is 0 Å². The largest absolute Gasteiger partial charge is 0.382 e. The number of rotatable bonds is 6. The fourth-order valence-corrected chi connectivity index (χ4v) is 2.05. The van der Waals surface area contributed by atoms with Crippen LogP contribution in [-0.4, -0.2) is 19.6 Å². The van der Waals surface area contributed by atoms with Crippen LogP contribution in [0.2, 0.25) is 0 Å². The van der Waals surface area contributed by atoms with Crippen LogP contribution in [0.4, 0.5) is 5.82 Å². The average molecular weight is 247 g/mol. The van der Waals surface area contributed by atoms with E-state index in [1.807, 2.05) is 16.9 Å². The van der Waals surface area contributed by atoms with Crippen LogP contribution in [0.1, 0.15) is 31.7 Å². The van der Waals surface area contributed by atoms with Crippen molar-refractivity contribution in [3.63, 3.8) is 0 Å². The molecular formula is C13H21N5. The van der Waals surface area contributed by atoms with Crippen molar-refractivity contribution in [1.82, 2.24) is 19.6 Å². The Labute approximate surface area is 108 Å². The van der Waals surface area contributed by atoms with E-state index in [4.69, 9.17) is 5.73 Å².